The van der Waals surface area contributed by atoms with E-state index in [-0.39, 0.29) is 18.0 Å². The molecule has 6 heteroatoms. The number of aromatic carboxylic acids is 1. The molecule has 0 spiro atoms. The summed E-state index contributed by atoms with van der Waals surface area (Å²) in [5.41, 5.74) is 2.03. The van der Waals surface area contributed by atoms with Gasteiger partial charge in [-0.2, -0.15) is 5.10 Å². The molecule has 0 radical (unpaired) electrons. The highest BCUT2D eigenvalue weighted by Crippen LogP contribution is 2.05. The van der Waals surface area contributed by atoms with Crippen LogP contribution in [-0.4, -0.2) is 27.2 Å². The maximum Gasteiger partial charge on any atom is 0.335 e. The molecule has 0 unspecified atom stereocenters. The van der Waals surface area contributed by atoms with Gasteiger partial charge in [0.25, 0.3) is 5.91 Å². The number of carbonyl (C=O) groups excluding carboxylic acids is 1. The van der Waals surface area contributed by atoms with Gasteiger partial charge in [0.15, 0.2) is 0 Å². The van der Waals surface area contributed by atoms with Crippen molar-refractivity contribution in [2.24, 2.45) is 0 Å². The van der Waals surface area contributed by atoms with Gasteiger partial charge in [0, 0.05) is 12.2 Å². The lowest BCUT2D eigenvalue weighted by atomic mass is 10.1. The van der Waals surface area contributed by atoms with E-state index in [2.05, 4.69) is 15.5 Å². The minimum Gasteiger partial charge on any atom is -0.478 e. The van der Waals surface area contributed by atoms with Crippen LogP contribution >= 0.6 is 0 Å². The van der Waals surface area contributed by atoms with Crippen LogP contribution in [-0.2, 0) is 6.54 Å². The van der Waals surface area contributed by atoms with E-state index in [0.717, 1.165) is 11.3 Å². The number of carboxylic acids is 1. The quantitative estimate of drug-likeness (QED) is 0.772. The predicted octanol–water partition coefficient (Wildman–Crippen LogP) is 1.35. The van der Waals surface area contributed by atoms with E-state index in [0.29, 0.717) is 5.69 Å². The van der Waals surface area contributed by atoms with Crippen molar-refractivity contribution in [3.8, 4) is 0 Å². The van der Waals surface area contributed by atoms with Crippen molar-refractivity contribution in [2.45, 2.75) is 13.5 Å². The van der Waals surface area contributed by atoms with Crippen LogP contribution in [0, 0.1) is 6.92 Å². The molecule has 19 heavy (non-hydrogen) atoms. The molecule has 0 aliphatic carbocycles. The molecule has 1 heterocycles. The molecule has 1 amide bonds. The maximum absolute atomic E-state index is 11.7. The van der Waals surface area contributed by atoms with Crippen LogP contribution in [0.3, 0.4) is 0 Å². The van der Waals surface area contributed by atoms with Gasteiger partial charge < -0.3 is 10.4 Å². The van der Waals surface area contributed by atoms with Crippen molar-refractivity contribution >= 4 is 11.9 Å². The van der Waals surface area contributed by atoms with Gasteiger partial charge in [0.05, 0.1) is 5.56 Å². The summed E-state index contributed by atoms with van der Waals surface area (Å²) < 4.78 is 0. The van der Waals surface area contributed by atoms with Crippen molar-refractivity contribution < 1.29 is 14.7 Å². The van der Waals surface area contributed by atoms with Crippen molar-refractivity contribution in [2.75, 3.05) is 0 Å². The molecule has 2 aromatic rings. The Bertz CT molecular complexity index is 619. The molecule has 3 N–H and O–H groups in total. The van der Waals surface area contributed by atoms with E-state index in [1.165, 1.54) is 12.1 Å². The lowest BCUT2D eigenvalue weighted by Crippen LogP contribution is -2.23. The number of carboxylic acid groups (broad SMARTS) is 1. The number of benzene rings is 1. The molecule has 6 nitrogen and oxygen atoms in total. The van der Waals surface area contributed by atoms with Crippen molar-refractivity contribution in [1.82, 2.24) is 15.5 Å². The maximum atomic E-state index is 11.7. The Labute approximate surface area is 109 Å². The molecule has 0 bridgehead atoms. The fourth-order valence-corrected chi connectivity index (χ4v) is 1.62. The van der Waals surface area contributed by atoms with E-state index < -0.39 is 5.97 Å². The second-order valence-electron chi connectivity index (χ2n) is 4.12. The van der Waals surface area contributed by atoms with Crippen LogP contribution in [0.25, 0.3) is 0 Å². The van der Waals surface area contributed by atoms with Gasteiger partial charge in [0.2, 0.25) is 0 Å². The minimum absolute atomic E-state index is 0.197. The zero-order chi connectivity index (χ0) is 13.8. The average molecular weight is 259 g/mol. The lowest BCUT2D eigenvalue weighted by Gasteiger charge is -2.04. The predicted molar refractivity (Wildman–Crippen MR) is 67.9 cm³/mol. The van der Waals surface area contributed by atoms with Crippen LogP contribution in [0.4, 0.5) is 0 Å². The highest BCUT2D eigenvalue weighted by atomic mass is 16.4. The molecule has 1 aromatic heterocycles. The standard InChI is InChI=1S/C13H13N3O3/c1-8-5-11(16-15-8)12(17)14-7-9-3-2-4-10(6-9)13(18)19/h2-6H,7H2,1H3,(H,14,17)(H,15,16)(H,18,19). The molecule has 0 fully saturated rings. The number of hydrogen-bond acceptors (Lipinski definition) is 3. The highest BCUT2D eigenvalue weighted by Gasteiger charge is 2.09. The summed E-state index contributed by atoms with van der Waals surface area (Å²) >= 11 is 0. The van der Waals surface area contributed by atoms with E-state index in [1.54, 1.807) is 25.1 Å². The SMILES string of the molecule is Cc1cc(C(=O)NCc2cccc(C(=O)O)c2)n[nH]1. The Morgan fingerprint density at radius 1 is 1.37 bits per heavy atom. The molecule has 0 saturated heterocycles. The first-order valence-electron chi connectivity index (χ1n) is 5.68. The van der Waals surface area contributed by atoms with Gasteiger partial charge in [0.1, 0.15) is 5.69 Å². The van der Waals surface area contributed by atoms with Crippen LogP contribution in [0.2, 0.25) is 0 Å². The number of hydrogen-bond donors (Lipinski definition) is 3. The van der Waals surface area contributed by atoms with Gasteiger partial charge in [-0.25, -0.2) is 4.79 Å². The number of H-pyrrole nitrogens is 1. The number of aromatic amines is 1. The van der Waals surface area contributed by atoms with E-state index in [4.69, 9.17) is 5.11 Å². The third-order valence-electron chi connectivity index (χ3n) is 2.57. The number of amides is 1. The van der Waals surface area contributed by atoms with Crippen molar-refractivity contribution in [1.29, 1.82) is 0 Å². The smallest absolute Gasteiger partial charge is 0.335 e. The first kappa shape index (κ1) is 12.8. The largest absolute Gasteiger partial charge is 0.478 e. The second kappa shape index (κ2) is 5.34. The summed E-state index contributed by atoms with van der Waals surface area (Å²) in [4.78, 5) is 22.6. The van der Waals surface area contributed by atoms with Gasteiger partial charge in [-0.3, -0.25) is 9.89 Å². The molecular weight excluding hydrogens is 246 g/mol. The fraction of sp³-hybridized carbons (Fsp3) is 0.154. The van der Waals surface area contributed by atoms with E-state index in [9.17, 15) is 9.59 Å². The number of rotatable bonds is 4. The van der Waals surface area contributed by atoms with Gasteiger partial charge in [-0.15, -0.1) is 0 Å². The third kappa shape index (κ3) is 3.19. The highest BCUT2D eigenvalue weighted by molar-refractivity contribution is 5.92. The normalized spacial score (nSPS) is 10.2. The average Bonchev–Trinajstić information content (AvgIpc) is 2.83. The summed E-state index contributed by atoms with van der Waals surface area (Å²) in [5.74, 6) is -1.29. The summed E-state index contributed by atoms with van der Waals surface area (Å²) in [6, 6.07) is 8.07. The monoisotopic (exact) mass is 259 g/mol. The third-order valence-corrected chi connectivity index (χ3v) is 2.57. The van der Waals surface area contributed by atoms with Gasteiger partial charge in [-0.05, 0) is 30.7 Å². The Balaban J connectivity index is 2.01. The van der Waals surface area contributed by atoms with Crippen LogP contribution < -0.4 is 5.32 Å². The van der Waals surface area contributed by atoms with Crippen molar-refractivity contribution in [3.05, 3.63) is 52.8 Å². The van der Waals surface area contributed by atoms with E-state index in [1.807, 2.05) is 0 Å². The minimum atomic E-state index is -0.990. The van der Waals surface area contributed by atoms with Crippen LogP contribution in [0.5, 0.6) is 0 Å². The first-order chi connectivity index (χ1) is 9.06. The number of carbonyl (C=O) groups is 2. The molecule has 98 valence electrons. The second-order valence-corrected chi connectivity index (χ2v) is 4.12. The Morgan fingerprint density at radius 2 is 2.16 bits per heavy atom. The van der Waals surface area contributed by atoms with Gasteiger partial charge >= 0.3 is 5.97 Å². The van der Waals surface area contributed by atoms with Crippen molar-refractivity contribution in [3.63, 3.8) is 0 Å². The summed E-state index contributed by atoms with van der Waals surface area (Å²) in [7, 11) is 0. The van der Waals surface area contributed by atoms with Gasteiger partial charge in [-0.1, -0.05) is 12.1 Å². The van der Waals surface area contributed by atoms with E-state index >= 15 is 0 Å². The number of aryl methyl sites for hydroxylation is 1. The fourth-order valence-electron chi connectivity index (χ4n) is 1.62. The first-order valence-corrected chi connectivity index (χ1v) is 5.68. The Hall–Kier alpha value is -2.63. The Kier molecular flexibility index (Phi) is 3.61. The van der Waals surface area contributed by atoms with Crippen LogP contribution in [0.15, 0.2) is 30.3 Å². The lowest BCUT2D eigenvalue weighted by molar-refractivity contribution is 0.0696. The zero-order valence-electron chi connectivity index (χ0n) is 10.3. The topological polar surface area (TPSA) is 95.1 Å². The molecule has 0 saturated carbocycles. The zero-order valence-corrected chi connectivity index (χ0v) is 10.3. The molecule has 2 rings (SSSR count). The van der Waals surface area contributed by atoms with Crippen LogP contribution in [0.1, 0.15) is 32.1 Å². The molecule has 0 atom stereocenters. The number of aromatic nitrogens is 2. The summed E-state index contributed by atoms with van der Waals surface area (Å²) in [5, 5.41) is 18.1. The molecular formula is C13H13N3O3. The molecule has 0 aliphatic heterocycles. The number of nitrogens with zero attached hydrogens (tertiary/aromatic N) is 1. The summed E-state index contributed by atoms with van der Waals surface area (Å²) in [6.07, 6.45) is 0. The molecule has 1 aromatic carbocycles. The number of nitrogens with one attached hydrogen (secondary N) is 2. The Morgan fingerprint density at radius 3 is 2.79 bits per heavy atom. The summed E-state index contributed by atoms with van der Waals surface area (Å²) in [6.45, 7) is 2.06. The molecule has 0 aliphatic rings.